The fourth-order valence-electron chi connectivity index (χ4n) is 2.73. The lowest BCUT2D eigenvalue weighted by Gasteiger charge is -2.29. The van der Waals surface area contributed by atoms with Crippen LogP contribution in [0.25, 0.3) is 0 Å². The maximum Gasteiger partial charge on any atom is 0.242 e. The molecular formula is C21H24ClFN2O2. The van der Waals surface area contributed by atoms with Crippen LogP contribution in [0.4, 0.5) is 4.39 Å². The van der Waals surface area contributed by atoms with Gasteiger partial charge in [0.05, 0.1) is 6.42 Å². The maximum absolute atomic E-state index is 14.0. The molecule has 0 spiro atoms. The predicted octanol–water partition coefficient (Wildman–Crippen LogP) is 3.96. The summed E-state index contributed by atoms with van der Waals surface area (Å²) in [7, 11) is 0. The molecule has 1 N–H and O–H groups in total. The minimum Gasteiger partial charge on any atom is -0.352 e. The van der Waals surface area contributed by atoms with E-state index in [1.807, 2.05) is 19.9 Å². The monoisotopic (exact) mass is 390 g/mol. The number of nitrogens with zero attached hydrogens (tertiary/aromatic N) is 1. The predicted molar refractivity (Wildman–Crippen MR) is 105 cm³/mol. The highest BCUT2D eigenvalue weighted by atomic mass is 35.5. The highest BCUT2D eigenvalue weighted by Crippen LogP contribution is 2.17. The van der Waals surface area contributed by atoms with Crippen LogP contribution in [-0.4, -0.2) is 28.8 Å². The van der Waals surface area contributed by atoms with E-state index in [0.717, 1.165) is 5.56 Å². The van der Waals surface area contributed by atoms with E-state index in [4.69, 9.17) is 11.6 Å². The van der Waals surface area contributed by atoms with Gasteiger partial charge in [0, 0.05) is 17.6 Å². The zero-order valence-electron chi connectivity index (χ0n) is 15.7. The Morgan fingerprint density at radius 3 is 2.44 bits per heavy atom. The molecular weight excluding hydrogens is 367 g/mol. The molecule has 0 bridgehead atoms. The number of halogens is 2. The molecule has 2 amide bonds. The van der Waals surface area contributed by atoms with Gasteiger partial charge in [0.1, 0.15) is 11.9 Å². The van der Waals surface area contributed by atoms with Crippen molar-refractivity contribution in [3.05, 3.63) is 70.5 Å². The van der Waals surface area contributed by atoms with Gasteiger partial charge in [-0.1, -0.05) is 41.9 Å². The van der Waals surface area contributed by atoms with Gasteiger partial charge >= 0.3 is 0 Å². The van der Waals surface area contributed by atoms with Crippen LogP contribution in [0.5, 0.6) is 0 Å². The number of carbonyl (C=O) groups is 2. The van der Waals surface area contributed by atoms with Crippen LogP contribution >= 0.6 is 11.6 Å². The summed E-state index contributed by atoms with van der Waals surface area (Å²) in [5, 5.41) is 3.37. The number of hydrogen-bond acceptors (Lipinski definition) is 2. The first-order valence-electron chi connectivity index (χ1n) is 8.85. The Bertz CT molecular complexity index is 810. The third-order valence-corrected chi connectivity index (χ3v) is 4.37. The molecule has 0 aliphatic heterocycles. The fraction of sp³-hybridized carbons (Fsp3) is 0.333. The molecule has 2 aromatic rings. The largest absolute Gasteiger partial charge is 0.352 e. The van der Waals surface area contributed by atoms with Gasteiger partial charge in [0.2, 0.25) is 11.8 Å². The minimum absolute atomic E-state index is 0.0466. The molecule has 0 fully saturated rings. The average Bonchev–Trinajstić information content (AvgIpc) is 2.60. The fourth-order valence-corrected chi connectivity index (χ4v) is 2.94. The summed E-state index contributed by atoms with van der Waals surface area (Å²) < 4.78 is 14.0. The zero-order chi connectivity index (χ0) is 20.0. The summed E-state index contributed by atoms with van der Waals surface area (Å²) in [4.78, 5) is 26.9. The van der Waals surface area contributed by atoms with Gasteiger partial charge < -0.3 is 10.2 Å². The molecule has 0 aromatic heterocycles. The Morgan fingerprint density at radius 1 is 1.11 bits per heavy atom. The number of benzene rings is 2. The van der Waals surface area contributed by atoms with Gasteiger partial charge in [-0.2, -0.15) is 0 Å². The second kappa shape index (κ2) is 9.51. The summed E-state index contributed by atoms with van der Waals surface area (Å²) in [6.45, 7) is 5.59. The molecule has 27 heavy (non-hydrogen) atoms. The standard InChI is InChI=1S/C21H24ClFN2O2/c1-14(2)24-21(27)15(3)25(13-16-7-6-9-18(22)11-16)20(26)12-17-8-4-5-10-19(17)23/h4-11,14-15H,12-13H2,1-3H3,(H,24,27)/t15-/m1/s1. The van der Waals surface area contributed by atoms with Gasteiger partial charge in [-0.15, -0.1) is 0 Å². The van der Waals surface area contributed by atoms with E-state index in [2.05, 4.69) is 5.32 Å². The molecule has 0 saturated heterocycles. The van der Waals surface area contributed by atoms with Gasteiger partial charge in [-0.25, -0.2) is 4.39 Å². The van der Waals surface area contributed by atoms with Crippen molar-refractivity contribution in [3.63, 3.8) is 0 Å². The van der Waals surface area contributed by atoms with E-state index in [1.165, 1.54) is 11.0 Å². The maximum atomic E-state index is 14.0. The molecule has 1 atom stereocenters. The molecule has 2 rings (SSSR count). The second-order valence-electron chi connectivity index (χ2n) is 6.76. The second-order valence-corrected chi connectivity index (χ2v) is 7.20. The molecule has 144 valence electrons. The molecule has 0 radical (unpaired) electrons. The summed E-state index contributed by atoms with van der Waals surface area (Å²) in [6.07, 6.45) is -0.119. The highest BCUT2D eigenvalue weighted by Gasteiger charge is 2.27. The van der Waals surface area contributed by atoms with Gasteiger partial charge in [-0.05, 0) is 50.1 Å². The molecule has 4 nitrogen and oxygen atoms in total. The average molecular weight is 391 g/mol. The van der Waals surface area contributed by atoms with E-state index in [-0.39, 0.29) is 30.8 Å². The topological polar surface area (TPSA) is 49.4 Å². The number of rotatable bonds is 7. The third kappa shape index (κ3) is 6.07. The highest BCUT2D eigenvalue weighted by molar-refractivity contribution is 6.30. The summed E-state index contributed by atoms with van der Waals surface area (Å²) in [6, 6.07) is 12.5. The smallest absolute Gasteiger partial charge is 0.242 e. The summed E-state index contributed by atoms with van der Waals surface area (Å²) in [5.41, 5.74) is 1.10. The Morgan fingerprint density at radius 2 is 1.81 bits per heavy atom. The lowest BCUT2D eigenvalue weighted by Crippen LogP contribution is -2.49. The van der Waals surface area contributed by atoms with Crippen molar-refractivity contribution in [2.75, 3.05) is 0 Å². The van der Waals surface area contributed by atoms with Crippen LogP contribution in [0.3, 0.4) is 0 Å². The Labute approximate surface area is 164 Å². The molecule has 0 aliphatic carbocycles. The summed E-state index contributed by atoms with van der Waals surface area (Å²) >= 11 is 6.04. The normalized spacial score (nSPS) is 11.9. The van der Waals surface area contributed by atoms with E-state index in [1.54, 1.807) is 43.3 Å². The minimum atomic E-state index is -0.703. The molecule has 0 saturated carbocycles. The van der Waals surface area contributed by atoms with Crippen molar-refractivity contribution in [1.82, 2.24) is 10.2 Å². The van der Waals surface area contributed by atoms with E-state index in [0.29, 0.717) is 10.6 Å². The quantitative estimate of drug-likeness (QED) is 0.777. The molecule has 0 aliphatic rings. The van der Waals surface area contributed by atoms with Crippen LogP contribution in [0.1, 0.15) is 31.9 Å². The Hall–Kier alpha value is -2.40. The van der Waals surface area contributed by atoms with E-state index in [9.17, 15) is 14.0 Å². The zero-order valence-corrected chi connectivity index (χ0v) is 16.5. The first-order valence-corrected chi connectivity index (χ1v) is 9.23. The molecule has 2 aromatic carbocycles. The Balaban J connectivity index is 2.26. The number of amides is 2. The first kappa shape index (κ1) is 20.9. The van der Waals surface area contributed by atoms with Crippen LogP contribution in [-0.2, 0) is 22.6 Å². The number of carbonyl (C=O) groups excluding carboxylic acids is 2. The SMILES string of the molecule is CC(C)NC(=O)[C@@H](C)N(Cc1cccc(Cl)c1)C(=O)Cc1ccccc1F. The molecule has 0 unspecified atom stereocenters. The van der Waals surface area contributed by atoms with Crippen LogP contribution < -0.4 is 5.32 Å². The number of nitrogens with one attached hydrogen (secondary N) is 1. The Kier molecular flexibility index (Phi) is 7.36. The van der Waals surface area contributed by atoms with Gasteiger partial charge in [0.15, 0.2) is 0 Å². The van der Waals surface area contributed by atoms with Gasteiger partial charge in [0.25, 0.3) is 0 Å². The van der Waals surface area contributed by atoms with Crippen molar-refractivity contribution < 1.29 is 14.0 Å². The van der Waals surface area contributed by atoms with Crippen molar-refractivity contribution in [2.45, 2.75) is 45.8 Å². The van der Waals surface area contributed by atoms with Crippen LogP contribution in [0, 0.1) is 5.82 Å². The van der Waals surface area contributed by atoms with Crippen molar-refractivity contribution in [2.24, 2.45) is 0 Å². The van der Waals surface area contributed by atoms with Gasteiger partial charge in [-0.3, -0.25) is 9.59 Å². The lowest BCUT2D eigenvalue weighted by molar-refractivity contribution is -0.140. The van der Waals surface area contributed by atoms with E-state index >= 15 is 0 Å². The van der Waals surface area contributed by atoms with Crippen molar-refractivity contribution in [3.8, 4) is 0 Å². The summed E-state index contributed by atoms with van der Waals surface area (Å²) in [5.74, 6) is -1.02. The van der Waals surface area contributed by atoms with Crippen LogP contribution in [0.15, 0.2) is 48.5 Å². The lowest BCUT2D eigenvalue weighted by atomic mass is 10.1. The third-order valence-electron chi connectivity index (χ3n) is 4.14. The van der Waals surface area contributed by atoms with Crippen LogP contribution in [0.2, 0.25) is 5.02 Å². The molecule has 6 heteroatoms. The van der Waals surface area contributed by atoms with Crippen molar-refractivity contribution >= 4 is 23.4 Å². The first-order chi connectivity index (χ1) is 12.8. The number of hydrogen-bond donors (Lipinski definition) is 1. The van der Waals surface area contributed by atoms with Crippen molar-refractivity contribution in [1.29, 1.82) is 0 Å². The van der Waals surface area contributed by atoms with E-state index < -0.39 is 11.9 Å². The molecule has 0 heterocycles.